The van der Waals surface area contributed by atoms with Crippen LogP contribution < -0.4 is 5.32 Å². The Kier molecular flexibility index (Phi) is 4.07. The van der Waals surface area contributed by atoms with Crippen LogP contribution in [-0.2, 0) is 15.6 Å². The Labute approximate surface area is 186 Å². The molecule has 1 fully saturated rings. The van der Waals surface area contributed by atoms with Crippen molar-refractivity contribution in [3.05, 3.63) is 69.0 Å². The predicted octanol–water partition coefficient (Wildman–Crippen LogP) is 5.12. The minimum Gasteiger partial charge on any atom is -0.325 e. The van der Waals surface area contributed by atoms with Crippen LogP contribution in [0.25, 0.3) is 11.0 Å². The maximum Gasteiger partial charge on any atom is 0.271 e. The minimum absolute atomic E-state index is 0.0332. The van der Waals surface area contributed by atoms with Gasteiger partial charge in [-0.15, -0.1) is 0 Å². The van der Waals surface area contributed by atoms with E-state index in [0.717, 1.165) is 28.9 Å². The molecule has 2 aliphatic carbocycles. The topological polar surface area (TPSA) is 98.0 Å². The van der Waals surface area contributed by atoms with E-state index in [1.54, 1.807) is 6.07 Å². The van der Waals surface area contributed by atoms with Crippen LogP contribution in [0.1, 0.15) is 56.1 Å². The van der Waals surface area contributed by atoms with Crippen LogP contribution in [-0.4, -0.2) is 20.8 Å². The van der Waals surface area contributed by atoms with Crippen LogP contribution in [0, 0.1) is 29.4 Å². The van der Waals surface area contributed by atoms with Gasteiger partial charge in [-0.2, -0.15) is 0 Å². The van der Waals surface area contributed by atoms with Gasteiger partial charge in [0.1, 0.15) is 0 Å². The second-order valence-electron chi connectivity index (χ2n) is 9.99. The maximum atomic E-state index is 14.0. The van der Waals surface area contributed by atoms with Crippen molar-refractivity contribution in [2.75, 3.05) is 5.32 Å². The molecular formula is C25H26N4O3. The minimum atomic E-state index is -0.861. The summed E-state index contributed by atoms with van der Waals surface area (Å²) in [7, 11) is 0. The molecule has 0 aliphatic heterocycles. The fourth-order valence-electron chi connectivity index (χ4n) is 5.89. The molecule has 2 bridgehead atoms. The van der Waals surface area contributed by atoms with E-state index in [1.807, 2.05) is 32.0 Å². The molecule has 7 nitrogen and oxygen atoms in total. The van der Waals surface area contributed by atoms with Gasteiger partial charge in [-0.1, -0.05) is 38.5 Å². The number of aromatic nitrogens is 2. The average molecular weight is 431 g/mol. The summed E-state index contributed by atoms with van der Waals surface area (Å²) in [6, 6.07) is 10.5. The molecule has 3 aromatic rings. The summed E-state index contributed by atoms with van der Waals surface area (Å²) >= 11 is 0. The molecule has 1 amide bonds. The highest BCUT2D eigenvalue weighted by Crippen LogP contribution is 2.70. The highest BCUT2D eigenvalue weighted by molar-refractivity contribution is 6.02. The standard InChI is InChI=1S/C25H26N4O3/c1-14-6-8-17(15(2)12-14)28-22(30)25-11-10-24(5,23(25,3)4)20-21(25)27-19-13-16(29(31)32)7-9-18(19)26-20/h6-9,12-13H,10-11H2,1-5H3,(H,28,30). The first kappa shape index (κ1) is 20.5. The van der Waals surface area contributed by atoms with E-state index >= 15 is 0 Å². The first-order chi connectivity index (χ1) is 15.0. The van der Waals surface area contributed by atoms with Crippen molar-refractivity contribution in [2.45, 2.75) is 58.3 Å². The first-order valence-electron chi connectivity index (χ1n) is 10.9. The molecule has 2 aliphatic rings. The third-order valence-electron chi connectivity index (χ3n) is 8.25. The van der Waals surface area contributed by atoms with Crippen molar-refractivity contribution >= 4 is 28.3 Å². The third kappa shape index (κ3) is 2.39. The Morgan fingerprint density at radius 2 is 1.72 bits per heavy atom. The van der Waals surface area contributed by atoms with Gasteiger partial charge in [-0.05, 0) is 49.8 Å². The Balaban J connectivity index is 1.70. The zero-order valence-electron chi connectivity index (χ0n) is 18.9. The maximum absolute atomic E-state index is 14.0. The number of nitro groups is 1. The molecule has 164 valence electrons. The second kappa shape index (κ2) is 6.34. The molecule has 1 saturated carbocycles. The van der Waals surface area contributed by atoms with Crippen LogP contribution in [0.5, 0.6) is 0 Å². The lowest BCUT2D eigenvalue weighted by molar-refractivity contribution is -0.384. The van der Waals surface area contributed by atoms with Gasteiger partial charge in [0.25, 0.3) is 5.69 Å². The Morgan fingerprint density at radius 3 is 2.41 bits per heavy atom. The lowest BCUT2D eigenvalue weighted by atomic mass is 9.63. The number of amides is 1. The smallest absolute Gasteiger partial charge is 0.271 e. The number of hydrogen-bond acceptors (Lipinski definition) is 5. The van der Waals surface area contributed by atoms with Crippen LogP contribution in [0.3, 0.4) is 0 Å². The highest BCUT2D eigenvalue weighted by Gasteiger charge is 2.73. The monoisotopic (exact) mass is 430 g/mol. The van der Waals surface area contributed by atoms with Gasteiger partial charge in [0.2, 0.25) is 5.91 Å². The van der Waals surface area contributed by atoms with E-state index in [1.165, 1.54) is 12.1 Å². The Hall–Kier alpha value is -3.35. The summed E-state index contributed by atoms with van der Waals surface area (Å²) in [5.41, 5.74) is 3.86. The number of nitro benzene ring substituents is 1. The summed E-state index contributed by atoms with van der Waals surface area (Å²) in [6.07, 6.45) is 1.50. The van der Waals surface area contributed by atoms with Gasteiger partial charge < -0.3 is 5.32 Å². The second-order valence-corrected chi connectivity index (χ2v) is 9.99. The van der Waals surface area contributed by atoms with Crippen molar-refractivity contribution in [3.63, 3.8) is 0 Å². The quantitative estimate of drug-likeness (QED) is 0.459. The normalized spacial score (nSPS) is 25.0. The average Bonchev–Trinajstić information content (AvgIpc) is 3.03. The van der Waals surface area contributed by atoms with Gasteiger partial charge in [0.15, 0.2) is 0 Å². The lowest BCUT2D eigenvalue weighted by Crippen LogP contribution is -2.48. The van der Waals surface area contributed by atoms with Gasteiger partial charge in [-0.25, -0.2) is 9.97 Å². The number of rotatable bonds is 3. The van der Waals surface area contributed by atoms with Crippen LogP contribution >= 0.6 is 0 Å². The fourth-order valence-corrected chi connectivity index (χ4v) is 5.89. The zero-order valence-corrected chi connectivity index (χ0v) is 18.9. The predicted molar refractivity (Wildman–Crippen MR) is 123 cm³/mol. The summed E-state index contributed by atoms with van der Waals surface area (Å²) in [6.45, 7) is 10.4. The van der Waals surface area contributed by atoms with E-state index in [4.69, 9.17) is 9.97 Å². The van der Waals surface area contributed by atoms with E-state index in [2.05, 4.69) is 26.1 Å². The number of fused-ring (bicyclic) bond motifs is 6. The van der Waals surface area contributed by atoms with Crippen molar-refractivity contribution in [1.29, 1.82) is 0 Å². The summed E-state index contributed by atoms with van der Waals surface area (Å²) < 4.78 is 0. The van der Waals surface area contributed by atoms with Gasteiger partial charge in [0, 0.05) is 23.2 Å². The van der Waals surface area contributed by atoms with Crippen LogP contribution in [0.15, 0.2) is 36.4 Å². The fraction of sp³-hybridized carbons (Fsp3) is 0.400. The molecular weight excluding hydrogens is 404 g/mol. The zero-order chi connectivity index (χ0) is 23.1. The molecule has 2 aromatic carbocycles. The molecule has 5 rings (SSSR count). The van der Waals surface area contributed by atoms with E-state index in [0.29, 0.717) is 23.1 Å². The Morgan fingerprint density at radius 1 is 1.00 bits per heavy atom. The summed E-state index contributed by atoms with van der Waals surface area (Å²) in [5, 5.41) is 14.5. The highest BCUT2D eigenvalue weighted by atomic mass is 16.6. The molecule has 1 N–H and O–H groups in total. The molecule has 0 radical (unpaired) electrons. The lowest BCUT2D eigenvalue weighted by Gasteiger charge is -2.39. The Bertz CT molecular complexity index is 1330. The van der Waals surface area contributed by atoms with Crippen LogP contribution in [0.4, 0.5) is 11.4 Å². The van der Waals surface area contributed by atoms with Crippen molar-refractivity contribution in [1.82, 2.24) is 9.97 Å². The van der Waals surface area contributed by atoms with E-state index < -0.39 is 15.8 Å². The molecule has 1 heterocycles. The van der Waals surface area contributed by atoms with Crippen molar-refractivity contribution in [2.24, 2.45) is 5.41 Å². The molecule has 2 atom stereocenters. The van der Waals surface area contributed by atoms with E-state index in [9.17, 15) is 14.9 Å². The number of nitrogens with one attached hydrogen (secondary N) is 1. The molecule has 0 saturated heterocycles. The number of aryl methyl sites for hydroxylation is 2. The largest absolute Gasteiger partial charge is 0.325 e. The number of anilines is 1. The molecule has 1 aromatic heterocycles. The molecule has 7 heteroatoms. The van der Waals surface area contributed by atoms with Crippen molar-refractivity contribution < 1.29 is 9.72 Å². The third-order valence-corrected chi connectivity index (χ3v) is 8.25. The number of carbonyl (C=O) groups excluding carboxylic acids is 1. The number of carbonyl (C=O) groups is 1. The van der Waals surface area contributed by atoms with E-state index in [-0.39, 0.29) is 17.0 Å². The summed E-state index contributed by atoms with van der Waals surface area (Å²) in [4.78, 5) is 34.6. The van der Waals surface area contributed by atoms with Gasteiger partial charge in [0.05, 0.1) is 32.8 Å². The molecule has 2 unspecified atom stereocenters. The van der Waals surface area contributed by atoms with Gasteiger partial charge in [-0.3, -0.25) is 14.9 Å². The SMILES string of the molecule is Cc1ccc(NC(=O)C23CCC(C)(c4nc5ccc([N+](=O)[O-])cc5nc42)C3(C)C)c(C)c1. The summed E-state index contributed by atoms with van der Waals surface area (Å²) in [5.74, 6) is -0.0870. The van der Waals surface area contributed by atoms with Gasteiger partial charge >= 0.3 is 0 Å². The van der Waals surface area contributed by atoms with Crippen LogP contribution in [0.2, 0.25) is 0 Å². The first-order valence-corrected chi connectivity index (χ1v) is 10.9. The molecule has 32 heavy (non-hydrogen) atoms. The van der Waals surface area contributed by atoms with Crippen molar-refractivity contribution in [3.8, 4) is 0 Å². The molecule has 0 spiro atoms. The number of nitrogens with zero attached hydrogens (tertiary/aromatic N) is 3. The number of non-ortho nitro benzene ring substituents is 1. The number of hydrogen-bond donors (Lipinski definition) is 1. The number of benzene rings is 2.